The average molecular weight is 304 g/mol. The first-order chi connectivity index (χ1) is 10.1. The van der Waals surface area contributed by atoms with Crippen LogP contribution in [-0.4, -0.2) is 19.5 Å². The van der Waals surface area contributed by atoms with Gasteiger partial charge in [0.05, 0.1) is 11.1 Å². The minimum atomic E-state index is -0.418. The summed E-state index contributed by atoms with van der Waals surface area (Å²) < 4.78 is 1.61. The monoisotopic (exact) mass is 303 g/mol. The molecule has 0 saturated heterocycles. The minimum Gasteiger partial charge on any atom is -0.366 e. The Balaban J connectivity index is 1.85. The molecule has 1 aromatic carbocycles. The third-order valence-corrected chi connectivity index (χ3v) is 3.12. The topological polar surface area (TPSA) is 85.4 Å². The van der Waals surface area contributed by atoms with Crippen LogP contribution in [0, 0.1) is 10.1 Å². The van der Waals surface area contributed by atoms with Crippen LogP contribution in [0.2, 0.25) is 5.15 Å². The first-order valence-corrected chi connectivity index (χ1v) is 6.49. The van der Waals surface area contributed by atoms with Crippen LogP contribution in [0.5, 0.6) is 0 Å². The van der Waals surface area contributed by atoms with Crippen LogP contribution in [0.4, 0.5) is 11.5 Å². The predicted octanol–water partition coefficient (Wildman–Crippen LogP) is 2.90. The SMILES string of the molecule is O=[N+]([O-])c1cccc(CNc2cc(Cl)nc3ccnn23)c1. The average Bonchev–Trinajstić information content (AvgIpc) is 2.93. The number of nitrogens with zero attached hydrogens (tertiary/aromatic N) is 4. The summed E-state index contributed by atoms with van der Waals surface area (Å²) in [6.45, 7) is 0.414. The van der Waals surface area contributed by atoms with Crippen molar-refractivity contribution >= 4 is 28.8 Å². The lowest BCUT2D eigenvalue weighted by atomic mass is 10.2. The van der Waals surface area contributed by atoms with E-state index >= 15 is 0 Å². The van der Waals surface area contributed by atoms with Crippen molar-refractivity contribution in [1.29, 1.82) is 0 Å². The standard InChI is InChI=1S/C13H10ClN5O2/c14-11-7-13(18-12(17-11)4-5-16-18)15-8-9-2-1-3-10(6-9)19(20)21/h1-7,15H,8H2. The molecule has 3 rings (SSSR count). The molecule has 0 bridgehead atoms. The highest BCUT2D eigenvalue weighted by Crippen LogP contribution is 2.18. The highest BCUT2D eigenvalue weighted by Gasteiger charge is 2.08. The van der Waals surface area contributed by atoms with Crippen LogP contribution in [0.15, 0.2) is 42.6 Å². The number of hydrogen-bond acceptors (Lipinski definition) is 5. The summed E-state index contributed by atoms with van der Waals surface area (Å²) in [4.78, 5) is 14.5. The number of non-ortho nitro benzene ring substituents is 1. The molecular weight excluding hydrogens is 294 g/mol. The van der Waals surface area contributed by atoms with Gasteiger partial charge in [-0.1, -0.05) is 23.7 Å². The van der Waals surface area contributed by atoms with E-state index in [2.05, 4.69) is 15.4 Å². The first kappa shape index (κ1) is 13.3. The largest absolute Gasteiger partial charge is 0.366 e. The second-order valence-electron chi connectivity index (χ2n) is 4.35. The molecule has 8 heteroatoms. The van der Waals surface area contributed by atoms with Gasteiger partial charge in [-0.15, -0.1) is 0 Å². The van der Waals surface area contributed by atoms with Crippen molar-refractivity contribution in [3.8, 4) is 0 Å². The second-order valence-corrected chi connectivity index (χ2v) is 4.73. The van der Waals surface area contributed by atoms with Gasteiger partial charge in [0, 0.05) is 30.8 Å². The molecule has 7 nitrogen and oxygen atoms in total. The first-order valence-electron chi connectivity index (χ1n) is 6.11. The number of aromatic nitrogens is 3. The molecular formula is C13H10ClN5O2. The van der Waals surface area contributed by atoms with E-state index < -0.39 is 4.92 Å². The molecule has 0 saturated carbocycles. The van der Waals surface area contributed by atoms with Crippen molar-refractivity contribution in [1.82, 2.24) is 14.6 Å². The number of nitro benzene ring substituents is 1. The Morgan fingerprint density at radius 1 is 1.33 bits per heavy atom. The van der Waals surface area contributed by atoms with Gasteiger partial charge in [-0.2, -0.15) is 9.61 Å². The summed E-state index contributed by atoms with van der Waals surface area (Å²) in [5.74, 6) is 0.668. The highest BCUT2D eigenvalue weighted by molar-refractivity contribution is 6.29. The molecule has 0 aliphatic rings. The number of halogens is 1. The van der Waals surface area contributed by atoms with E-state index in [0.29, 0.717) is 23.2 Å². The summed E-state index contributed by atoms with van der Waals surface area (Å²) in [7, 11) is 0. The third kappa shape index (κ3) is 2.77. The van der Waals surface area contributed by atoms with Gasteiger partial charge in [0.25, 0.3) is 5.69 Å². The number of nitro groups is 1. The lowest BCUT2D eigenvalue weighted by molar-refractivity contribution is -0.384. The zero-order chi connectivity index (χ0) is 14.8. The van der Waals surface area contributed by atoms with Crippen LogP contribution in [0.25, 0.3) is 5.65 Å². The smallest absolute Gasteiger partial charge is 0.269 e. The van der Waals surface area contributed by atoms with Crippen molar-refractivity contribution in [3.05, 3.63) is 63.4 Å². The molecule has 106 valence electrons. The number of anilines is 1. The van der Waals surface area contributed by atoms with Gasteiger partial charge < -0.3 is 5.32 Å². The maximum Gasteiger partial charge on any atom is 0.269 e. The quantitative estimate of drug-likeness (QED) is 0.455. The second kappa shape index (κ2) is 5.37. The molecule has 0 atom stereocenters. The lowest BCUT2D eigenvalue weighted by Crippen LogP contribution is -2.06. The molecule has 0 radical (unpaired) electrons. The number of fused-ring (bicyclic) bond motifs is 1. The number of benzene rings is 1. The molecule has 1 N–H and O–H groups in total. The summed E-state index contributed by atoms with van der Waals surface area (Å²) in [6.07, 6.45) is 1.62. The van der Waals surface area contributed by atoms with E-state index in [1.54, 1.807) is 28.9 Å². The van der Waals surface area contributed by atoms with Gasteiger partial charge in [0.15, 0.2) is 5.65 Å². The zero-order valence-corrected chi connectivity index (χ0v) is 11.5. The molecule has 0 spiro atoms. The van der Waals surface area contributed by atoms with Crippen molar-refractivity contribution in [3.63, 3.8) is 0 Å². The molecule has 0 aliphatic carbocycles. The fraction of sp³-hybridized carbons (Fsp3) is 0.0769. The molecule has 2 aromatic heterocycles. The molecule has 21 heavy (non-hydrogen) atoms. The van der Waals surface area contributed by atoms with E-state index in [4.69, 9.17) is 11.6 Å². The van der Waals surface area contributed by atoms with Crippen LogP contribution in [0.3, 0.4) is 0 Å². The highest BCUT2D eigenvalue weighted by atomic mass is 35.5. The maximum atomic E-state index is 10.8. The van der Waals surface area contributed by atoms with Crippen molar-refractivity contribution < 1.29 is 4.92 Å². The number of hydrogen-bond donors (Lipinski definition) is 1. The van der Waals surface area contributed by atoms with Crippen LogP contribution < -0.4 is 5.32 Å². The van der Waals surface area contributed by atoms with Crippen LogP contribution in [-0.2, 0) is 6.54 Å². The van der Waals surface area contributed by atoms with E-state index in [9.17, 15) is 10.1 Å². The third-order valence-electron chi connectivity index (χ3n) is 2.92. The summed E-state index contributed by atoms with van der Waals surface area (Å²) in [6, 6.07) is 9.83. The predicted molar refractivity (Wildman–Crippen MR) is 78.4 cm³/mol. The summed E-state index contributed by atoms with van der Waals surface area (Å²) in [5.41, 5.74) is 1.48. The van der Waals surface area contributed by atoms with E-state index in [-0.39, 0.29) is 5.69 Å². The van der Waals surface area contributed by atoms with E-state index in [1.165, 1.54) is 12.1 Å². The Morgan fingerprint density at radius 3 is 3.00 bits per heavy atom. The zero-order valence-electron chi connectivity index (χ0n) is 10.7. The molecule has 2 heterocycles. The summed E-state index contributed by atoms with van der Waals surface area (Å²) in [5, 5.41) is 18.4. The Kier molecular flexibility index (Phi) is 3.41. The molecule has 0 unspecified atom stereocenters. The normalized spacial score (nSPS) is 10.7. The number of nitrogens with one attached hydrogen (secondary N) is 1. The van der Waals surface area contributed by atoms with E-state index in [0.717, 1.165) is 5.56 Å². The van der Waals surface area contributed by atoms with Crippen molar-refractivity contribution in [2.45, 2.75) is 6.54 Å². The van der Waals surface area contributed by atoms with Crippen LogP contribution >= 0.6 is 11.6 Å². The Morgan fingerprint density at radius 2 is 2.19 bits per heavy atom. The maximum absolute atomic E-state index is 10.8. The van der Waals surface area contributed by atoms with E-state index in [1.807, 2.05) is 6.07 Å². The fourth-order valence-corrected chi connectivity index (χ4v) is 2.17. The molecule has 0 aliphatic heterocycles. The Bertz CT molecular complexity index is 817. The molecule has 3 aromatic rings. The van der Waals surface area contributed by atoms with Gasteiger partial charge in [-0.3, -0.25) is 10.1 Å². The molecule has 0 fully saturated rings. The van der Waals surface area contributed by atoms with Gasteiger partial charge in [0.1, 0.15) is 11.0 Å². The minimum absolute atomic E-state index is 0.0614. The van der Waals surface area contributed by atoms with Gasteiger partial charge >= 0.3 is 0 Å². The van der Waals surface area contributed by atoms with Gasteiger partial charge in [0.2, 0.25) is 0 Å². The van der Waals surface area contributed by atoms with Gasteiger partial charge in [-0.05, 0) is 5.56 Å². The Hall–Kier alpha value is -2.67. The number of rotatable bonds is 4. The van der Waals surface area contributed by atoms with Crippen LogP contribution in [0.1, 0.15) is 5.56 Å². The lowest BCUT2D eigenvalue weighted by Gasteiger charge is -2.08. The summed E-state index contributed by atoms with van der Waals surface area (Å²) >= 11 is 5.95. The Labute approximate surface area is 124 Å². The molecule has 0 amide bonds. The fourth-order valence-electron chi connectivity index (χ4n) is 1.98. The van der Waals surface area contributed by atoms with Crippen molar-refractivity contribution in [2.75, 3.05) is 5.32 Å². The van der Waals surface area contributed by atoms with Gasteiger partial charge in [-0.25, -0.2) is 4.98 Å². The van der Waals surface area contributed by atoms with Crippen molar-refractivity contribution in [2.24, 2.45) is 0 Å².